The number of esters is 1. The van der Waals surface area contributed by atoms with E-state index in [1.54, 1.807) is 44.2 Å². The van der Waals surface area contributed by atoms with Gasteiger partial charge in [-0.3, -0.25) is 4.79 Å². The molecule has 120 valence electrons. The largest absolute Gasteiger partial charge is 0.507 e. The Morgan fingerprint density at radius 3 is 2.61 bits per heavy atom. The van der Waals surface area contributed by atoms with Crippen molar-refractivity contribution in [3.63, 3.8) is 0 Å². The number of para-hydroxylation sites is 1. The van der Waals surface area contributed by atoms with E-state index in [9.17, 15) is 14.7 Å². The lowest BCUT2D eigenvalue weighted by atomic mass is 10.1. The summed E-state index contributed by atoms with van der Waals surface area (Å²) in [4.78, 5) is 23.8. The fourth-order valence-electron chi connectivity index (χ4n) is 1.96. The Bertz CT molecular complexity index is 758. The number of rotatable bonds is 4. The van der Waals surface area contributed by atoms with E-state index in [1.165, 1.54) is 6.07 Å². The first-order valence-electron chi connectivity index (χ1n) is 6.91. The number of phenolic OH excluding ortho intramolecular Hbond substituents is 1. The van der Waals surface area contributed by atoms with Gasteiger partial charge in [0.05, 0.1) is 0 Å². The number of phenols is 1. The Balaban J connectivity index is 1.98. The van der Waals surface area contributed by atoms with Crippen LogP contribution in [0.25, 0.3) is 0 Å². The summed E-state index contributed by atoms with van der Waals surface area (Å²) in [6.45, 7) is 2.98. The summed E-state index contributed by atoms with van der Waals surface area (Å²) in [5.41, 5.74) is 1.86. The molecule has 0 aliphatic carbocycles. The van der Waals surface area contributed by atoms with Gasteiger partial charge in [-0.1, -0.05) is 29.8 Å². The smallest absolute Gasteiger partial charge is 0.342 e. The molecule has 1 amide bonds. The van der Waals surface area contributed by atoms with Gasteiger partial charge in [0.1, 0.15) is 11.3 Å². The highest BCUT2D eigenvalue weighted by atomic mass is 35.5. The van der Waals surface area contributed by atoms with Gasteiger partial charge in [-0.05, 0) is 43.2 Å². The molecule has 0 spiro atoms. The monoisotopic (exact) mass is 333 g/mol. The van der Waals surface area contributed by atoms with Gasteiger partial charge < -0.3 is 15.2 Å². The number of aryl methyl sites for hydroxylation is 1. The summed E-state index contributed by atoms with van der Waals surface area (Å²) >= 11 is 5.97. The van der Waals surface area contributed by atoms with Gasteiger partial charge in [0.2, 0.25) is 0 Å². The first-order chi connectivity index (χ1) is 10.9. The highest BCUT2D eigenvalue weighted by Crippen LogP contribution is 2.23. The van der Waals surface area contributed by atoms with Gasteiger partial charge in [-0.25, -0.2) is 4.79 Å². The van der Waals surface area contributed by atoms with Crippen LogP contribution in [0.3, 0.4) is 0 Å². The van der Waals surface area contributed by atoms with Crippen LogP contribution in [0.15, 0.2) is 36.4 Å². The number of aromatic hydroxyl groups is 1. The molecule has 0 saturated heterocycles. The summed E-state index contributed by atoms with van der Waals surface area (Å²) in [5, 5.41) is 13.0. The van der Waals surface area contributed by atoms with Crippen LogP contribution in [0.1, 0.15) is 21.5 Å². The number of carbonyl (C=O) groups excluding carboxylic acids is 2. The van der Waals surface area contributed by atoms with Crippen LogP contribution < -0.4 is 5.32 Å². The van der Waals surface area contributed by atoms with Crippen molar-refractivity contribution in [3.05, 3.63) is 58.1 Å². The molecule has 0 heterocycles. The van der Waals surface area contributed by atoms with E-state index in [1.807, 2.05) is 0 Å². The normalized spacial score (nSPS) is 10.2. The van der Waals surface area contributed by atoms with E-state index in [0.29, 0.717) is 16.3 Å². The lowest BCUT2D eigenvalue weighted by Crippen LogP contribution is -2.21. The van der Waals surface area contributed by atoms with Crippen molar-refractivity contribution >= 4 is 29.2 Å². The van der Waals surface area contributed by atoms with Gasteiger partial charge >= 0.3 is 5.97 Å². The van der Waals surface area contributed by atoms with E-state index in [0.717, 1.165) is 5.56 Å². The molecule has 0 fully saturated rings. The molecule has 0 aliphatic rings. The third kappa shape index (κ3) is 4.02. The lowest BCUT2D eigenvalue weighted by Gasteiger charge is -2.10. The Morgan fingerprint density at radius 1 is 1.17 bits per heavy atom. The van der Waals surface area contributed by atoms with E-state index >= 15 is 0 Å². The molecule has 6 heteroatoms. The minimum Gasteiger partial charge on any atom is -0.507 e. The van der Waals surface area contributed by atoms with Gasteiger partial charge in [-0.2, -0.15) is 0 Å². The molecule has 2 N–H and O–H groups in total. The maximum absolute atomic E-state index is 11.9. The van der Waals surface area contributed by atoms with Crippen LogP contribution in [-0.2, 0) is 9.53 Å². The minimum atomic E-state index is -0.760. The van der Waals surface area contributed by atoms with E-state index in [2.05, 4.69) is 5.32 Å². The molecule has 2 aromatic carbocycles. The molecule has 23 heavy (non-hydrogen) atoms. The Hall–Kier alpha value is -2.53. The number of ether oxygens (including phenoxy) is 1. The summed E-state index contributed by atoms with van der Waals surface area (Å²) in [6.07, 6.45) is 0. The van der Waals surface area contributed by atoms with Crippen molar-refractivity contribution in [1.82, 2.24) is 0 Å². The van der Waals surface area contributed by atoms with Crippen molar-refractivity contribution in [2.75, 3.05) is 11.9 Å². The summed E-state index contributed by atoms with van der Waals surface area (Å²) in [7, 11) is 0. The third-order valence-electron chi connectivity index (χ3n) is 3.33. The van der Waals surface area contributed by atoms with Crippen molar-refractivity contribution < 1.29 is 19.4 Å². The Labute approximate surface area is 138 Å². The van der Waals surface area contributed by atoms with Crippen molar-refractivity contribution in [2.24, 2.45) is 0 Å². The number of halogens is 1. The zero-order valence-electron chi connectivity index (χ0n) is 12.7. The zero-order chi connectivity index (χ0) is 17.0. The highest BCUT2D eigenvalue weighted by Gasteiger charge is 2.16. The number of carbonyl (C=O) groups is 2. The van der Waals surface area contributed by atoms with Crippen LogP contribution >= 0.6 is 11.6 Å². The van der Waals surface area contributed by atoms with Gasteiger partial charge in [0.25, 0.3) is 5.91 Å². The fourth-order valence-corrected chi connectivity index (χ4v) is 2.14. The SMILES string of the molecule is Cc1cccc(C(=O)OCC(=O)Nc2cccc(Cl)c2C)c1O. The molecular formula is C17H16ClNO4. The fraction of sp³-hybridized carbons (Fsp3) is 0.176. The van der Waals surface area contributed by atoms with Crippen molar-refractivity contribution in [2.45, 2.75) is 13.8 Å². The highest BCUT2D eigenvalue weighted by molar-refractivity contribution is 6.31. The topological polar surface area (TPSA) is 75.6 Å². The quantitative estimate of drug-likeness (QED) is 0.840. The second-order valence-corrected chi connectivity index (χ2v) is 5.41. The van der Waals surface area contributed by atoms with Crippen LogP contribution in [0.5, 0.6) is 5.75 Å². The number of hydrogen-bond acceptors (Lipinski definition) is 4. The van der Waals surface area contributed by atoms with Crippen molar-refractivity contribution in [1.29, 1.82) is 0 Å². The lowest BCUT2D eigenvalue weighted by molar-refractivity contribution is -0.119. The molecule has 0 saturated carbocycles. The zero-order valence-corrected chi connectivity index (χ0v) is 13.5. The summed E-state index contributed by atoms with van der Waals surface area (Å²) in [5.74, 6) is -1.40. The summed E-state index contributed by atoms with van der Waals surface area (Å²) < 4.78 is 4.92. The number of benzene rings is 2. The second-order valence-electron chi connectivity index (χ2n) is 5.01. The van der Waals surface area contributed by atoms with Crippen LogP contribution in [0.2, 0.25) is 5.02 Å². The first kappa shape index (κ1) is 16.8. The molecule has 5 nitrogen and oxygen atoms in total. The predicted octanol–water partition coefficient (Wildman–Crippen LogP) is 3.46. The molecule has 0 aliphatic heterocycles. The van der Waals surface area contributed by atoms with Gasteiger partial charge in [0.15, 0.2) is 6.61 Å². The van der Waals surface area contributed by atoms with E-state index in [4.69, 9.17) is 16.3 Å². The maximum atomic E-state index is 11.9. The third-order valence-corrected chi connectivity index (χ3v) is 3.74. The van der Waals surface area contributed by atoms with Gasteiger partial charge in [-0.15, -0.1) is 0 Å². The molecule has 2 aromatic rings. The number of nitrogens with one attached hydrogen (secondary N) is 1. The second kappa shape index (κ2) is 7.15. The van der Waals surface area contributed by atoms with Crippen LogP contribution in [0.4, 0.5) is 5.69 Å². The molecule has 0 aromatic heterocycles. The Morgan fingerprint density at radius 2 is 1.87 bits per heavy atom. The molecule has 0 radical (unpaired) electrons. The minimum absolute atomic E-state index is 0.0248. The average Bonchev–Trinajstić information content (AvgIpc) is 2.52. The van der Waals surface area contributed by atoms with Crippen LogP contribution in [-0.4, -0.2) is 23.6 Å². The molecule has 0 bridgehead atoms. The number of hydrogen-bond donors (Lipinski definition) is 2. The maximum Gasteiger partial charge on any atom is 0.342 e. The standard InChI is InChI=1S/C17H16ClNO4/c1-10-5-3-6-12(16(10)21)17(22)23-9-15(20)19-14-8-4-7-13(18)11(14)2/h3-8,21H,9H2,1-2H3,(H,19,20). The average molecular weight is 334 g/mol. The summed E-state index contributed by atoms with van der Waals surface area (Å²) in [6, 6.07) is 9.85. The number of amides is 1. The molecule has 0 unspecified atom stereocenters. The van der Waals surface area contributed by atoms with E-state index < -0.39 is 18.5 Å². The van der Waals surface area contributed by atoms with E-state index in [-0.39, 0.29) is 11.3 Å². The Kier molecular flexibility index (Phi) is 5.24. The number of anilines is 1. The molecular weight excluding hydrogens is 318 g/mol. The molecule has 2 rings (SSSR count). The van der Waals surface area contributed by atoms with Crippen LogP contribution in [0, 0.1) is 13.8 Å². The van der Waals surface area contributed by atoms with Crippen molar-refractivity contribution in [3.8, 4) is 5.75 Å². The molecule has 0 atom stereocenters. The van der Waals surface area contributed by atoms with Gasteiger partial charge in [0, 0.05) is 10.7 Å². The predicted molar refractivity (Wildman–Crippen MR) is 87.9 cm³/mol. The first-order valence-corrected chi connectivity index (χ1v) is 7.28.